The lowest BCUT2D eigenvalue weighted by molar-refractivity contribution is -0.116. The molecule has 0 radical (unpaired) electrons. The van der Waals surface area contributed by atoms with Crippen LogP contribution < -0.4 is 14.8 Å². The van der Waals surface area contributed by atoms with Gasteiger partial charge in [-0.3, -0.25) is 4.79 Å². The van der Waals surface area contributed by atoms with E-state index in [1.165, 1.54) is 11.3 Å². The zero-order valence-corrected chi connectivity index (χ0v) is 18.9. The molecule has 2 heterocycles. The normalized spacial score (nSPS) is 15.8. The zero-order valence-electron chi connectivity index (χ0n) is 17.3. The third kappa shape index (κ3) is 4.05. The van der Waals surface area contributed by atoms with Crippen LogP contribution in [0.1, 0.15) is 36.1 Å². The quantitative estimate of drug-likeness (QED) is 0.548. The fourth-order valence-corrected chi connectivity index (χ4v) is 6.56. The molecule has 1 N–H and O–H groups in total. The number of benzene rings is 2. The molecule has 0 bridgehead atoms. The number of ether oxygens (including phenoxy) is 2. The van der Waals surface area contributed by atoms with Crippen molar-refractivity contribution in [1.29, 1.82) is 0 Å². The molecule has 1 amide bonds. The fourth-order valence-electron chi connectivity index (χ4n) is 3.63. The van der Waals surface area contributed by atoms with Crippen LogP contribution in [0.5, 0.6) is 11.5 Å². The molecule has 0 saturated carbocycles. The minimum Gasteiger partial charge on any atom is -0.493 e. The van der Waals surface area contributed by atoms with Crippen molar-refractivity contribution in [1.82, 2.24) is 0 Å². The van der Waals surface area contributed by atoms with Crippen LogP contribution in [0.3, 0.4) is 0 Å². The molecular formula is C23H23NO5S2. The minimum atomic E-state index is -3.74. The van der Waals surface area contributed by atoms with Gasteiger partial charge >= 0.3 is 0 Å². The van der Waals surface area contributed by atoms with Crippen molar-refractivity contribution in [3.63, 3.8) is 0 Å². The maximum absolute atomic E-state index is 13.2. The number of rotatable bonds is 7. The number of anilines is 1. The first-order valence-corrected chi connectivity index (χ1v) is 12.3. The average molecular weight is 458 g/mol. The summed E-state index contributed by atoms with van der Waals surface area (Å²) in [5.74, 6) is 0.757. The summed E-state index contributed by atoms with van der Waals surface area (Å²) in [5, 5.41) is 4.40. The van der Waals surface area contributed by atoms with Crippen molar-refractivity contribution in [2.24, 2.45) is 0 Å². The molecule has 8 heteroatoms. The van der Waals surface area contributed by atoms with E-state index in [2.05, 4.69) is 5.32 Å². The number of hydrogen-bond acceptors (Lipinski definition) is 6. The van der Waals surface area contributed by atoms with E-state index >= 15 is 0 Å². The van der Waals surface area contributed by atoms with Gasteiger partial charge in [-0.15, -0.1) is 11.3 Å². The first-order chi connectivity index (χ1) is 15.0. The molecule has 1 aromatic heterocycles. The predicted octanol–water partition coefficient (Wildman–Crippen LogP) is 4.85. The first-order valence-electron chi connectivity index (χ1n) is 9.97. The summed E-state index contributed by atoms with van der Waals surface area (Å²) in [7, 11) is -2.17. The number of hydrogen-bond donors (Lipinski definition) is 1. The van der Waals surface area contributed by atoms with Crippen LogP contribution in [0, 0.1) is 0 Å². The molecule has 0 fully saturated rings. The number of thiophene rings is 1. The van der Waals surface area contributed by atoms with Gasteiger partial charge in [0.15, 0.2) is 11.5 Å². The van der Waals surface area contributed by atoms with Gasteiger partial charge in [0.1, 0.15) is 4.90 Å². The Balaban J connectivity index is 1.76. The fraction of sp³-hybridized carbons (Fsp3) is 0.261. The van der Waals surface area contributed by atoms with Crippen molar-refractivity contribution in [2.45, 2.75) is 35.5 Å². The van der Waals surface area contributed by atoms with Gasteiger partial charge in [-0.05, 0) is 36.2 Å². The Morgan fingerprint density at radius 1 is 1.13 bits per heavy atom. The van der Waals surface area contributed by atoms with E-state index in [4.69, 9.17) is 9.47 Å². The Labute approximate surface area is 185 Å². The summed E-state index contributed by atoms with van der Waals surface area (Å²) >= 11 is 1.34. The van der Waals surface area contributed by atoms with E-state index < -0.39 is 9.84 Å². The van der Waals surface area contributed by atoms with E-state index in [0.717, 1.165) is 16.9 Å². The third-order valence-corrected chi connectivity index (χ3v) is 8.19. The Morgan fingerprint density at radius 3 is 2.61 bits per heavy atom. The monoisotopic (exact) mass is 457 g/mol. The number of fused-ring (bicyclic) bond motifs is 1. The lowest BCUT2D eigenvalue weighted by Crippen LogP contribution is -2.23. The molecule has 1 aliphatic rings. The number of nitrogens with one attached hydrogen (secondary N) is 1. The first kappa shape index (κ1) is 21.4. The molecule has 1 atom stereocenters. The maximum atomic E-state index is 13.2. The standard InChI is InChI=1S/C23H23NO5S2/c1-3-11-29-18-10-9-15(12-19(18)28-2)17-13-21(25)24-22-20(14-30-23(17)22)31(26,27)16-7-5-4-6-8-16/h4-10,12,14,17H,3,11,13H2,1-2H3,(H,24,25)/t17-/m0/s1. The van der Waals surface area contributed by atoms with Crippen LogP contribution in [0.25, 0.3) is 0 Å². The summed E-state index contributed by atoms with van der Waals surface area (Å²) < 4.78 is 37.6. The smallest absolute Gasteiger partial charge is 0.225 e. The molecule has 0 aliphatic carbocycles. The van der Waals surface area contributed by atoms with Gasteiger partial charge in [0.25, 0.3) is 0 Å². The lowest BCUT2D eigenvalue weighted by atomic mass is 9.90. The Morgan fingerprint density at radius 2 is 1.90 bits per heavy atom. The number of methoxy groups -OCH3 is 1. The highest BCUT2D eigenvalue weighted by Crippen LogP contribution is 2.47. The highest BCUT2D eigenvalue weighted by atomic mass is 32.2. The van der Waals surface area contributed by atoms with Gasteiger partial charge in [0, 0.05) is 22.6 Å². The Bertz CT molecular complexity index is 1200. The van der Waals surface area contributed by atoms with Gasteiger partial charge in [0.05, 0.1) is 24.3 Å². The van der Waals surface area contributed by atoms with Crippen LogP contribution in [-0.2, 0) is 14.6 Å². The van der Waals surface area contributed by atoms with E-state index in [1.807, 2.05) is 25.1 Å². The molecular weight excluding hydrogens is 434 g/mol. The van der Waals surface area contributed by atoms with Gasteiger partial charge in [0.2, 0.25) is 15.7 Å². The average Bonchev–Trinajstić information content (AvgIpc) is 3.22. The van der Waals surface area contributed by atoms with Crippen molar-refractivity contribution < 1.29 is 22.7 Å². The van der Waals surface area contributed by atoms with E-state index in [-0.39, 0.29) is 28.0 Å². The molecule has 4 rings (SSSR count). The summed E-state index contributed by atoms with van der Waals surface area (Å²) in [6.45, 7) is 2.61. The van der Waals surface area contributed by atoms with Gasteiger partial charge < -0.3 is 14.8 Å². The molecule has 6 nitrogen and oxygen atoms in total. The molecule has 0 spiro atoms. The summed E-state index contributed by atoms with van der Waals surface area (Å²) in [6, 6.07) is 13.9. The number of amides is 1. The number of carbonyl (C=O) groups excluding carboxylic acids is 1. The van der Waals surface area contributed by atoms with Crippen LogP contribution in [0.15, 0.2) is 63.7 Å². The lowest BCUT2D eigenvalue weighted by Gasteiger charge is -2.24. The Hall–Kier alpha value is -2.84. The topological polar surface area (TPSA) is 81.7 Å². The van der Waals surface area contributed by atoms with E-state index in [0.29, 0.717) is 23.8 Å². The van der Waals surface area contributed by atoms with Crippen molar-refractivity contribution in [3.05, 3.63) is 64.4 Å². The third-order valence-electron chi connectivity index (χ3n) is 5.15. The van der Waals surface area contributed by atoms with Crippen LogP contribution >= 0.6 is 11.3 Å². The summed E-state index contributed by atoms with van der Waals surface area (Å²) in [4.78, 5) is 13.7. The minimum absolute atomic E-state index is 0.131. The molecule has 162 valence electrons. The second kappa shape index (κ2) is 8.72. The highest BCUT2D eigenvalue weighted by molar-refractivity contribution is 7.91. The maximum Gasteiger partial charge on any atom is 0.225 e. The van der Waals surface area contributed by atoms with E-state index in [9.17, 15) is 13.2 Å². The molecule has 3 aromatic rings. The number of sulfone groups is 1. The second-order valence-corrected chi connectivity index (χ2v) is 10.0. The molecule has 31 heavy (non-hydrogen) atoms. The largest absolute Gasteiger partial charge is 0.493 e. The van der Waals surface area contributed by atoms with Crippen LogP contribution in [-0.4, -0.2) is 28.0 Å². The van der Waals surface area contributed by atoms with Gasteiger partial charge in [-0.1, -0.05) is 31.2 Å². The second-order valence-electron chi connectivity index (χ2n) is 7.22. The van der Waals surface area contributed by atoms with Crippen LogP contribution in [0.2, 0.25) is 0 Å². The SMILES string of the molecule is CCCOc1ccc([C@@H]2CC(=O)Nc3c(S(=O)(=O)c4ccccc4)csc32)cc1OC. The summed E-state index contributed by atoms with van der Waals surface area (Å²) in [6.07, 6.45) is 1.11. The molecule has 0 saturated heterocycles. The van der Waals surface area contributed by atoms with Crippen molar-refractivity contribution in [3.8, 4) is 11.5 Å². The molecule has 0 unspecified atom stereocenters. The summed E-state index contributed by atoms with van der Waals surface area (Å²) in [5.41, 5.74) is 1.25. The van der Waals surface area contributed by atoms with Crippen LogP contribution in [0.4, 0.5) is 5.69 Å². The predicted molar refractivity (Wildman–Crippen MR) is 120 cm³/mol. The van der Waals surface area contributed by atoms with Gasteiger partial charge in [-0.25, -0.2) is 8.42 Å². The highest BCUT2D eigenvalue weighted by Gasteiger charge is 2.34. The number of carbonyl (C=O) groups is 1. The van der Waals surface area contributed by atoms with Crippen molar-refractivity contribution >= 4 is 32.8 Å². The Kier molecular flexibility index (Phi) is 6.02. The van der Waals surface area contributed by atoms with E-state index in [1.54, 1.807) is 42.8 Å². The molecule has 2 aromatic carbocycles. The zero-order chi connectivity index (χ0) is 22.0. The molecule has 1 aliphatic heterocycles. The van der Waals surface area contributed by atoms with Crippen molar-refractivity contribution in [2.75, 3.05) is 19.0 Å². The van der Waals surface area contributed by atoms with Gasteiger partial charge in [-0.2, -0.15) is 0 Å².